The van der Waals surface area contributed by atoms with Crippen molar-refractivity contribution in [1.82, 2.24) is 0 Å². The average molecular weight is 1740 g/mol. The van der Waals surface area contributed by atoms with Gasteiger partial charge in [0, 0.05) is 18.2 Å². The van der Waals surface area contributed by atoms with Crippen molar-refractivity contribution in [1.29, 1.82) is 0 Å². The van der Waals surface area contributed by atoms with Crippen molar-refractivity contribution in [3.05, 3.63) is 332 Å². The highest BCUT2D eigenvalue weighted by Crippen LogP contribution is 2.41. The molecular weight excluding hydrogens is 1590 g/mol. The molecule has 12 nitrogen and oxygen atoms in total. The Morgan fingerprint density at radius 3 is 0.372 bits per heavy atom. The zero-order valence-electron chi connectivity index (χ0n) is 85.2. The Balaban J connectivity index is 1.23. The van der Waals surface area contributed by atoms with Crippen LogP contribution in [-0.2, 0) is 105 Å². The predicted octanol–water partition coefficient (Wildman–Crippen LogP) is 29.9. The third-order valence-electron chi connectivity index (χ3n) is 24.3. The molecule has 0 aliphatic heterocycles. The quantitative estimate of drug-likeness (QED) is 0.0332. The van der Waals surface area contributed by atoms with Crippen LogP contribution in [0.15, 0.2) is 182 Å². The fraction of sp³-hybridized carbons (Fsp3) is 0.462. The van der Waals surface area contributed by atoms with Crippen LogP contribution < -0.4 is 28.4 Å². The highest BCUT2D eigenvalue weighted by atomic mass is 16.5. The molecule has 0 heterocycles. The fourth-order valence-electron chi connectivity index (χ4n) is 15.4. The van der Waals surface area contributed by atoms with Crippen molar-refractivity contribution in [3.63, 3.8) is 0 Å². The molecule has 12 heteroatoms. The molecule has 0 amide bonds. The Bertz CT molecular complexity index is 4870. The lowest BCUT2D eigenvalue weighted by Crippen LogP contribution is -2.17. The largest absolute Gasteiger partial charge is 0.489 e. The zero-order chi connectivity index (χ0) is 95.9. The van der Waals surface area contributed by atoms with Crippen LogP contribution in [0.4, 0.5) is 0 Å². The van der Waals surface area contributed by atoms with Crippen molar-refractivity contribution < 1.29 is 42.8 Å². The van der Waals surface area contributed by atoms with E-state index in [1.807, 2.05) is 72.8 Å². The Labute approximate surface area is 775 Å². The lowest BCUT2D eigenvalue weighted by atomic mass is 9.79. The molecule has 0 N–H and O–H groups in total. The Hall–Kier alpha value is -10.9. The topological polar surface area (TPSA) is 165 Å². The number of ether oxygens (including phenoxy) is 6. The van der Waals surface area contributed by atoms with Crippen LogP contribution in [-0.4, -0.2) is 31.5 Å². The van der Waals surface area contributed by atoms with E-state index >= 15 is 0 Å². The third-order valence-corrected chi connectivity index (χ3v) is 24.3. The fourth-order valence-corrected chi connectivity index (χ4v) is 15.4. The monoisotopic (exact) mass is 1740 g/mol. The predicted molar refractivity (Wildman–Crippen MR) is 535 cm³/mol. The minimum Gasteiger partial charge on any atom is -0.489 e. The van der Waals surface area contributed by atoms with Gasteiger partial charge in [-0.25, -0.2) is 0 Å². The van der Waals surface area contributed by atoms with E-state index < -0.39 is 0 Å². The minimum atomic E-state index is -0.161. The summed E-state index contributed by atoms with van der Waals surface area (Å²) in [6.07, 6.45) is 0. The molecule has 0 saturated heterocycles. The maximum Gasteiger partial charge on any atom is 0.329 e. The second-order valence-corrected chi connectivity index (χ2v) is 48.5. The van der Waals surface area contributed by atoms with Crippen LogP contribution in [0, 0.1) is 0 Å². The van der Waals surface area contributed by atoms with E-state index in [4.69, 9.17) is 28.4 Å². The highest BCUT2D eigenvalue weighted by Gasteiger charge is 2.33. The van der Waals surface area contributed by atoms with Gasteiger partial charge in [-0.1, -0.05) is 358 Å². The molecule has 10 rings (SSSR count). The second-order valence-electron chi connectivity index (χ2n) is 48.5. The van der Waals surface area contributed by atoms with E-state index in [2.05, 4.69) is 373 Å². The van der Waals surface area contributed by atoms with Crippen LogP contribution >= 0.6 is 0 Å². The standard InChI is InChI=1S/C117H150N6O6/c1-106(2,3)85-37-73(38-86(58-85)107(4,5)6)67-124-97-52-82(53-98(64-97)125-68-74-39-87(108(7,8)9)59-88(40-74)109(10,11)12)103(121-118)79-49-80(104(122-119)83-54-99(126-69-75-41-89(110(13,14)15)60-90(42-75)111(16,17)18)65-100(55-83)127-70-76-43-91(112(19,20)21)61-92(44-76)113(22,23)24)51-81(50-79)105(123-120)84-56-101(128-71-77-45-93(114(25,26)27)62-94(46-77)115(28,29)30)66-102(57-84)129-72-78-47-95(116(31,32)33)63-96(48-78)117(34,35)36/h37-66H,67-72H2,1-36H3. The molecule has 0 fully saturated rings. The summed E-state index contributed by atoms with van der Waals surface area (Å²) in [7, 11) is 0. The van der Waals surface area contributed by atoms with Crippen LogP contribution in [0.2, 0.25) is 0 Å². The van der Waals surface area contributed by atoms with Crippen molar-refractivity contribution in [2.45, 2.75) is 354 Å². The summed E-state index contributed by atoms with van der Waals surface area (Å²) < 4.78 is 42.2. The summed E-state index contributed by atoms with van der Waals surface area (Å²) in [6, 6.07) is 62.7. The molecule has 0 bridgehead atoms. The second kappa shape index (κ2) is 37.5. The van der Waals surface area contributed by atoms with Gasteiger partial charge in [0.25, 0.3) is 0 Å². The summed E-state index contributed by atoms with van der Waals surface area (Å²) in [5.74, 6) is 2.67. The van der Waals surface area contributed by atoms with Gasteiger partial charge in [-0.15, -0.1) is 0 Å². The van der Waals surface area contributed by atoms with Gasteiger partial charge in [-0.3, -0.25) is 0 Å². The number of hydrogen-bond acceptors (Lipinski definition) is 6. The summed E-state index contributed by atoms with van der Waals surface area (Å²) in [6.45, 7) is 81.4. The molecule has 0 spiro atoms. The zero-order valence-corrected chi connectivity index (χ0v) is 85.2. The normalized spacial score (nSPS) is 12.8. The number of rotatable bonds is 24. The Morgan fingerprint density at radius 2 is 0.271 bits per heavy atom. The average Bonchev–Trinajstić information content (AvgIpc) is 0.773. The van der Waals surface area contributed by atoms with Crippen molar-refractivity contribution in [2.24, 2.45) is 0 Å². The third kappa shape index (κ3) is 26.7. The van der Waals surface area contributed by atoms with Crippen LogP contribution in [0.25, 0.3) is 16.6 Å². The van der Waals surface area contributed by atoms with Crippen LogP contribution in [0.3, 0.4) is 0 Å². The number of benzene rings is 10. The Kier molecular flexibility index (Phi) is 29.2. The first-order chi connectivity index (χ1) is 59.2. The van der Waals surface area contributed by atoms with Gasteiger partial charge in [0.15, 0.2) is 0 Å². The summed E-state index contributed by atoms with van der Waals surface area (Å²) in [5, 5.41) is 0. The summed E-state index contributed by atoms with van der Waals surface area (Å²) >= 11 is 0. The van der Waals surface area contributed by atoms with Crippen LogP contribution in [0.1, 0.15) is 383 Å². The van der Waals surface area contributed by atoms with Gasteiger partial charge < -0.3 is 45.0 Å². The SMILES string of the molecule is CC(C)(C)c1cc(COc2cc(OCc3cc(C(C)(C)C)cc(C(C)(C)C)c3)cc(C(=[N+]=[N-])c3cc(C(=[N+]=[N-])c4cc(OCc5cc(C(C)(C)C)cc(C(C)(C)C)c5)cc(OCc5cc(C(C)(C)C)cc(C(C)(C)C)c5)c4)cc(C(=[N+]=[N-])c4cc(OCc5cc(C(C)(C)C)cc(C(C)(C)C)c5)cc(OCc5cc(C(C)(C)C)cc(C(C)(C)C)c5)c4)c3)c2)cc(C(C)(C)C)c1. The molecule has 10 aromatic carbocycles. The molecular formula is C117H150N6O6. The smallest absolute Gasteiger partial charge is 0.329 e. The van der Waals surface area contributed by atoms with Gasteiger partial charge in [0.05, 0.1) is 33.4 Å². The first kappa shape index (κ1) is 100. The van der Waals surface area contributed by atoms with Gasteiger partial charge in [0.1, 0.15) is 74.1 Å². The molecule has 0 saturated carbocycles. The van der Waals surface area contributed by atoms with Gasteiger partial charge in [0.2, 0.25) is 0 Å². The van der Waals surface area contributed by atoms with E-state index in [9.17, 15) is 16.6 Å². The molecule has 0 unspecified atom stereocenters. The Morgan fingerprint density at radius 1 is 0.163 bits per heavy atom. The molecule has 0 atom stereocenters. The maximum atomic E-state index is 12.2. The van der Waals surface area contributed by atoms with Crippen molar-refractivity contribution in [2.75, 3.05) is 0 Å². The highest BCUT2D eigenvalue weighted by molar-refractivity contribution is 6.18. The maximum absolute atomic E-state index is 12.2. The molecule has 129 heavy (non-hydrogen) atoms. The van der Waals surface area contributed by atoms with E-state index in [1.54, 1.807) is 0 Å². The van der Waals surface area contributed by atoms with Crippen molar-refractivity contribution >= 4 is 17.1 Å². The van der Waals surface area contributed by atoms with E-state index in [-0.39, 0.29) is 122 Å². The van der Waals surface area contributed by atoms with Crippen LogP contribution in [0.5, 0.6) is 34.5 Å². The first-order valence-corrected chi connectivity index (χ1v) is 46.2. The lowest BCUT2D eigenvalue weighted by molar-refractivity contribution is -0.00309. The minimum absolute atomic E-state index is 0.0816. The van der Waals surface area contributed by atoms with E-state index in [0.717, 1.165) is 33.4 Å². The van der Waals surface area contributed by atoms with Crippen molar-refractivity contribution in [3.8, 4) is 34.5 Å². The van der Waals surface area contributed by atoms with E-state index in [0.29, 0.717) is 67.9 Å². The summed E-state index contributed by atoms with van der Waals surface area (Å²) in [5.41, 5.74) is 57.3. The van der Waals surface area contributed by atoms with E-state index in [1.165, 1.54) is 66.8 Å². The molecule has 0 aromatic heterocycles. The molecule has 0 aliphatic carbocycles. The van der Waals surface area contributed by atoms with Gasteiger partial charge in [-0.05, 0) is 220 Å². The molecule has 0 aliphatic rings. The van der Waals surface area contributed by atoms with Gasteiger partial charge in [-0.2, -0.15) is 14.4 Å². The number of nitrogens with zero attached hydrogens (tertiary/aromatic N) is 6. The first-order valence-electron chi connectivity index (χ1n) is 46.2. The number of hydrogen-bond donors (Lipinski definition) is 0. The lowest BCUT2D eigenvalue weighted by Gasteiger charge is -2.26. The molecule has 0 radical (unpaired) electrons. The molecule has 10 aromatic rings. The van der Waals surface area contributed by atoms with Gasteiger partial charge >= 0.3 is 17.1 Å². The molecule has 684 valence electrons. The summed E-state index contributed by atoms with van der Waals surface area (Å²) in [4.78, 5) is 12.8.